The van der Waals surface area contributed by atoms with E-state index in [4.69, 9.17) is 14.2 Å². The SMILES string of the molecule is CCN(C(=O)OC(C)(C)C)C1=NC2C(OC(COCc3ccccc3)C(O)C2O)S1. The van der Waals surface area contributed by atoms with E-state index in [2.05, 4.69) is 4.99 Å². The number of carbonyl (C=O) groups excluding carboxylic acids is 1. The van der Waals surface area contributed by atoms with E-state index >= 15 is 0 Å². The summed E-state index contributed by atoms with van der Waals surface area (Å²) in [6, 6.07) is 9.02. The number of amidine groups is 1. The second kappa shape index (κ2) is 9.65. The van der Waals surface area contributed by atoms with Gasteiger partial charge in [0.2, 0.25) is 0 Å². The molecule has 1 saturated heterocycles. The number of carbonyl (C=O) groups is 1. The Morgan fingerprint density at radius 2 is 1.93 bits per heavy atom. The van der Waals surface area contributed by atoms with E-state index in [1.165, 1.54) is 16.7 Å². The molecule has 8 nitrogen and oxygen atoms in total. The van der Waals surface area contributed by atoms with Crippen LogP contribution in [0.2, 0.25) is 0 Å². The lowest BCUT2D eigenvalue weighted by molar-refractivity contribution is -0.171. The summed E-state index contributed by atoms with van der Waals surface area (Å²) < 4.78 is 17.1. The molecule has 30 heavy (non-hydrogen) atoms. The number of aliphatic hydroxyl groups is 2. The van der Waals surface area contributed by atoms with Crippen molar-refractivity contribution in [3.05, 3.63) is 35.9 Å². The first-order chi connectivity index (χ1) is 14.2. The second-order valence-corrected chi connectivity index (χ2v) is 9.34. The Bertz CT molecular complexity index is 754. The molecular weight excluding hydrogens is 408 g/mol. The number of thioether (sulfide) groups is 1. The zero-order valence-electron chi connectivity index (χ0n) is 17.7. The first-order valence-corrected chi connectivity index (χ1v) is 11.0. The number of hydrogen-bond donors (Lipinski definition) is 2. The quantitative estimate of drug-likeness (QED) is 0.728. The molecule has 0 spiro atoms. The summed E-state index contributed by atoms with van der Waals surface area (Å²) in [5, 5.41) is 21.5. The summed E-state index contributed by atoms with van der Waals surface area (Å²) in [5.74, 6) is 0. The topological polar surface area (TPSA) is 101 Å². The largest absolute Gasteiger partial charge is 0.443 e. The van der Waals surface area contributed by atoms with Gasteiger partial charge in [0.25, 0.3) is 0 Å². The number of fused-ring (bicyclic) bond motifs is 1. The molecule has 166 valence electrons. The molecular formula is C21H30N2O6S. The van der Waals surface area contributed by atoms with E-state index in [0.717, 1.165) is 5.56 Å². The molecule has 3 rings (SSSR count). The highest BCUT2D eigenvalue weighted by Crippen LogP contribution is 2.38. The van der Waals surface area contributed by atoms with Crippen LogP contribution in [0.25, 0.3) is 0 Å². The van der Waals surface area contributed by atoms with Crippen molar-refractivity contribution in [2.45, 2.75) is 69.7 Å². The molecule has 2 aliphatic heterocycles. The molecule has 0 radical (unpaired) electrons. The Morgan fingerprint density at radius 1 is 1.23 bits per heavy atom. The van der Waals surface area contributed by atoms with Crippen molar-refractivity contribution in [2.75, 3.05) is 13.2 Å². The molecule has 1 fully saturated rings. The summed E-state index contributed by atoms with van der Waals surface area (Å²) in [6.45, 7) is 8.09. The van der Waals surface area contributed by atoms with Gasteiger partial charge in [0.05, 0.1) is 13.2 Å². The van der Waals surface area contributed by atoms with Gasteiger partial charge in [0.1, 0.15) is 35.4 Å². The van der Waals surface area contributed by atoms with E-state index < -0.39 is 41.5 Å². The first-order valence-electron chi connectivity index (χ1n) is 10.1. The lowest BCUT2D eigenvalue weighted by atomic mass is 9.99. The van der Waals surface area contributed by atoms with E-state index in [-0.39, 0.29) is 6.61 Å². The van der Waals surface area contributed by atoms with Gasteiger partial charge < -0.3 is 24.4 Å². The molecule has 1 aromatic carbocycles. The van der Waals surface area contributed by atoms with Crippen molar-refractivity contribution in [1.82, 2.24) is 4.90 Å². The average molecular weight is 439 g/mol. The number of benzene rings is 1. The molecule has 1 amide bonds. The highest BCUT2D eigenvalue weighted by atomic mass is 32.2. The van der Waals surface area contributed by atoms with E-state index in [0.29, 0.717) is 18.3 Å². The van der Waals surface area contributed by atoms with Crippen LogP contribution < -0.4 is 0 Å². The number of aliphatic imine (C=N–C) groups is 1. The third-order valence-electron chi connectivity index (χ3n) is 4.70. The molecule has 2 N–H and O–H groups in total. The maximum absolute atomic E-state index is 12.5. The molecule has 0 aromatic heterocycles. The number of amides is 1. The van der Waals surface area contributed by atoms with Crippen LogP contribution in [-0.4, -0.2) is 74.9 Å². The molecule has 2 heterocycles. The minimum absolute atomic E-state index is 0.135. The molecule has 1 aromatic rings. The minimum atomic E-state index is -1.14. The fourth-order valence-corrected chi connectivity index (χ4v) is 4.49. The van der Waals surface area contributed by atoms with Crippen LogP contribution >= 0.6 is 11.8 Å². The van der Waals surface area contributed by atoms with Gasteiger partial charge in [-0.2, -0.15) is 0 Å². The standard InChI is InChI=1S/C21H30N2O6S/c1-5-23(20(26)29-21(2,3)4)19-22-15-17(25)16(24)14(28-18(15)30-19)12-27-11-13-9-7-6-8-10-13/h6-10,14-18,24-25H,5,11-12H2,1-4H3. The molecule has 5 unspecified atom stereocenters. The molecule has 0 bridgehead atoms. The van der Waals surface area contributed by atoms with E-state index in [1.807, 2.05) is 37.3 Å². The monoisotopic (exact) mass is 438 g/mol. The van der Waals surface area contributed by atoms with Crippen molar-refractivity contribution in [1.29, 1.82) is 0 Å². The predicted molar refractivity (Wildman–Crippen MR) is 114 cm³/mol. The molecule has 2 aliphatic rings. The van der Waals surface area contributed by atoms with E-state index in [1.54, 1.807) is 20.8 Å². The number of nitrogens with zero attached hydrogens (tertiary/aromatic N) is 2. The maximum Gasteiger partial charge on any atom is 0.416 e. The van der Waals surface area contributed by atoms with Crippen LogP contribution in [0.3, 0.4) is 0 Å². The van der Waals surface area contributed by atoms with Crippen molar-refractivity contribution in [2.24, 2.45) is 4.99 Å². The Labute approximate surface area is 181 Å². The average Bonchev–Trinajstić information content (AvgIpc) is 3.09. The van der Waals surface area contributed by atoms with Gasteiger partial charge in [-0.15, -0.1) is 0 Å². The molecule has 9 heteroatoms. The Balaban J connectivity index is 1.60. The lowest BCUT2D eigenvalue weighted by Gasteiger charge is -2.38. The Morgan fingerprint density at radius 3 is 2.57 bits per heavy atom. The third kappa shape index (κ3) is 5.53. The maximum atomic E-state index is 12.5. The van der Waals surface area contributed by atoms with E-state index in [9.17, 15) is 15.0 Å². The van der Waals surface area contributed by atoms with Crippen molar-refractivity contribution >= 4 is 23.0 Å². The van der Waals surface area contributed by atoms with Crippen molar-refractivity contribution in [3.63, 3.8) is 0 Å². The smallest absolute Gasteiger partial charge is 0.416 e. The van der Waals surface area contributed by atoms with Crippen LogP contribution in [-0.2, 0) is 20.8 Å². The zero-order valence-corrected chi connectivity index (χ0v) is 18.5. The fraction of sp³-hybridized carbons (Fsp3) is 0.619. The van der Waals surface area contributed by atoms with Gasteiger partial charge >= 0.3 is 6.09 Å². The van der Waals surface area contributed by atoms with Gasteiger partial charge in [-0.1, -0.05) is 42.1 Å². The predicted octanol–water partition coefficient (Wildman–Crippen LogP) is 2.38. The Kier molecular flexibility index (Phi) is 7.41. The molecule has 5 atom stereocenters. The van der Waals surface area contributed by atoms with Crippen molar-refractivity contribution in [3.8, 4) is 0 Å². The van der Waals surface area contributed by atoms with Gasteiger partial charge in [-0.3, -0.25) is 9.89 Å². The fourth-order valence-electron chi connectivity index (χ4n) is 3.21. The molecule has 0 aliphatic carbocycles. The number of rotatable bonds is 5. The van der Waals surface area contributed by atoms with Crippen LogP contribution in [0.5, 0.6) is 0 Å². The van der Waals surface area contributed by atoms with Crippen molar-refractivity contribution < 1.29 is 29.2 Å². The zero-order chi connectivity index (χ0) is 21.9. The van der Waals surface area contributed by atoms with Gasteiger partial charge in [0, 0.05) is 6.54 Å². The minimum Gasteiger partial charge on any atom is -0.443 e. The summed E-state index contributed by atoms with van der Waals surface area (Å²) >= 11 is 1.25. The summed E-state index contributed by atoms with van der Waals surface area (Å²) in [6.07, 6.45) is -3.45. The second-order valence-electron chi connectivity index (χ2n) is 8.27. The third-order valence-corrected chi connectivity index (χ3v) is 5.86. The van der Waals surface area contributed by atoms with Crippen LogP contribution in [0.15, 0.2) is 35.3 Å². The number of hydrogen-bond acceptors (Lipinski definition) is 8. The summed E-state index contributed by atoms with van der Waals surface area (Å²) in [5.41, 5.74) is -0.132. The highest BCUT2D eigenvalue weighted by Gasteiger charge is 2.49. The van der Waals surface area contributed by atoms with Gasteiger partial charge in [-0.25, -0.2) is 4.79 Å². The van der Waals surface area contributed by atoms with Gasteiger partial charge in [0.15, 0.2) is 5.17 Å². The highest BCUT2D eigenvalue weighted by molar-refractivity contribution is 8.14. The lowest BCUT2D eigenvalue weighted by Crippen LogP contribution is -2.56. The number of aliphatic hydroxyl groups excluding tert-OH is 2. The molecule has 0 saturated carbocycles. The van der Waals surface area contributed by atoms with Gasteiger partial charge in [-0.05, 0) is 33.3 Å². The normalized spacial score (nSPS) is 28.6. The van der Waals surface area contributed by atoms with Crippen LogP contribution in [0, 0.1) is 0 Å². The van der Waals surface area contributed by atoms with Crippen LogP contribution in [0.1, 0.15) is 33.3 Å². The Hall–Kier alpha value is -1.65. The summed E-state index contributed by atoms with van der Waals surface area (Å²) in [4.78, 5) is 18.4. The number of ether oxygens (including phenoxy) is 3. The summed E-state index contributed by atoms with van der Waals surface area (Å²) in [7, 11) is 0. The van der Waals surface area contributed by atoms with Crippen LogP contribution in [0.4, 0.5) is 4.79 Å². The first kappa shape index (κ1) is 23.0.